The Morgan fingerprint density at radius 3 is 2.64 bits per heavy atom. The van der Waals surface area contributed by atoms with Gasteiger partial charge in [0.05, 0.1) is 25.8 Å². The summed E-state index contributed by atoms with van der Waals surface area (Å²) in [6, 6.07) is 14.1. The van der Waals surface area contributed by atoms with Crippen LogP contribution in [-0.2, 0) is 9.53 Å². The van der Waals surface area contributed by atoms with Gasteiger partial charge in [-0.2, -0.15) is 0 Å². The van der Waals surface area contributed by atoms with E-state index in [2.05, 4.69) is 28.4 Å². The van der Waals surface area contributed by atoms with Crippen molar-refractivity contribution >= 4 is 17.2 Å². The van der Waals surface area contributed by atoms with Crippen molar-refractivity contribution in [2.45, 2.75) is 6.04 Å². The van der Waals surface area contributed by atoms with Crippen LogP contribution in [0.3, 0.4) is 0 Å². The second-order valence-corrected chi connectivity index (χ2v) is 6.29. The van der Waals surface area contributed by atoms with E-state index >= 15 is 0 Å². The molecular weight excluding hydrogens is 296 g/mol. The molecule has 1 fully saturated rings. The van der Waals surface area contributed by atoms with E-state index < -0.39 is 0 Å². The lowest BCUT2D eigenvalue weighted by Crippen LogP contribution is -2.44. The number of rotatable bonds is 5. The molecule has 3 rings (SSSR count). The Morgan fingerprint density at radius 2 is 1.95 bits per heavy atom. The van der Waals surface area contributed by atoms with Crippen molar-refractivity contribution in [1.29, 1.82) is 0 Å². The highest BCUT2D eigenvalue weighted by Crippen LogP contribution is 2.25. The summed E-state index contributed by atoms with van der Waals surface area (Å²) >= 11 is 1.67. The van der Waals surface area contributed by atoms with Crippen LogP contribution in [0.25, 0.3) is 0 Å². The van der Waals surface area contributed by atoms with E-state index in [9.17, 15) is 4.79 Å². The summed E-state index contributed by atoms with van der Waals surface area (Å²) in [5, 5.41) is 5.21. The van der Waals surface area contributed by atoms with Crippen molar-refractivity contribution < 1.29 is 9.53 Å². The third-order valence-corrected chi connectivity index (χ3v) is 4.67. The first-order valence-electron chi connectivity index (χ1n) is 7.51. The Morgan fingerprint density at radius 1 is 1.18 bits per heavy atom. The fourth-order valence-electron chi connectivity index (χ4n) is 2.59. The van der Waals surface area contributed by atoms with Gasteiger partial charge in [-0.3, -0.25) is 9.69 Å². The van der Waals surface area contributed by atoms with Gasteiger partial charge in [-0.25, -0.2) is 0 Å². The maximum absolute atomic E-state index is 12.4. The molecule has 0 aliphatic carbocycles. The van der Waals surface area contributed by atoms with E-state index in [-0.39, 0.29) is 11.9 Å². The Kier molecular flexibility index (Phi) is 5.21. The van der Waals surface area contributed by atoms with Crippen LogP contribution in [0.2, 0.25) is 0 Å². The molecule has 2 aromatic rings. The molecule has 1 aliphatic rings. The fraction of sp³-hybridized carbons (Fsp3) is 0.353. The average molecular weight is 316 g/mol. The quantitative estimate of drug-likeness (QED) is 0.920. The van der Waals surface area contributed by atoms with Gasteiger partial charge in [0.15, 0.2) is 0 Å². The number of thiophene rings is 1. The number of ether oxygens (including phenoxy) is 1. The normalized spacial score (nSPS) is 17.1. The second-order valence-electron chi connectivity index (χ2n) is 5.32. The van der Waals surface area contributed by atoms with Gasteiger partial charge in [0.2, 0.25) is 5.91 Å². The maximum atomic E-state index is 12.4. The van der Waals surface area contributed by atoms with E-state index in [4.69, 9.17) is 4.74 Å². The second kappa shape index (κ2) is 7.54. The summed E-state index contributed by atoms with van der Waals surface area (Å²) in [4.78, 5) is 15.7. The molecule has 1 aromatic heterocycles. The molecule has 0 radical (unpaired) electrons. The minimum absolute atomic E-state index is 0.0594. The van der Waals surface area contributed by atoms with Gasteiger partial charge in [0.1, 0.15) is 0 Å². The molecular formula is C17H20N2O2S. The van der Waals surface area contributed by atoms with Gasteiger partial charge in [0.25, 0.3) is 0 Å². The molecule has 0 saturated carbocycles. The van der Waals surface area contributed by atoms with E-state index in [1.54, 1.807) is 11.3 Å². The molecule has 1 amide bonds. The molecule has 1 N–H and O–H groups in total. The zero-order valence-corrected chi connectivity index (χ0v) is 13.2. The van der Waals surface area contributed by atoms with Gasteiger partial charge < -0.3 is 10.1 Å². The number of hydrogen-bond acceptors (Lipinski definition) is 4. The van der Waals surface area contributed by atoms with Crippen LogP contribution in [0, 0.1) is 0 Å². The molecule has 1 aromatic carbocycles. The Balaban J connectivity index is 1.69. The van der Waals surface area contributed by atoms with Crippen LogP contribution in [0.1, 0.15) is 16.5 Å². The molecule has 1 saturated heterocycles. The van der Waals surface area contributed by atoms with Crippen LogP contribution < -0.4 is 5.32 Å². The predicted molar refractivity (Wildman–Crippen MR) is 88.0 cm³/mol. The summed E-state index contributed by atoms with van der Waals surface area (Å²) in [6.07, 6.45) is 0. The first-order chi connectivity index (χ1) is 10.8. The summed E-state index contributed by atoms with van der Waals surface area (Å²) in [5.41, 5.74) is 1.11. The third kappa shape index (κ3) is 3.94. The third-order valence-electron chi connectivity index (χ3n) is 3.74. The minimum atomic E-state index is -0.0743. The topological polar surface area (TPSA) is 41.6 Å². The predicted octanol–water partition coefficient (Wildman–Crippen LogP) is 2.29. The van der Waals surface area contributed by atoms with E-state index in [0.717, 1.165) is 23.5 Å². The van der Waals surface area contributed by atoms with Gasteiger partial charge in [-0.1, -0.05) is 36.4 Å². The van der Waals surface area contributed by atoms with Gasteiger partial charge in [-0.05, 0) is 17.0 Å². The van der Waals surface area contributed by atoms with Crippen LogP contribution in [0.4, 0.5) is 0 Å². The number of hydrogen-bond donors (Lipinski definition) is 1. The Hall–Kier alpha value is -1.69. The molecule has 0 spiro atoms. The molecule has 1 aliphatic heterocycles. The van der Waals surface area contributed by atoms with Crippen molar-refractivity contribution in [2.75, 3.05) is 32.8 Å². The number of morpholine rings is 1. The number of nitrogens with one attached hydrogen (secondary N) is 1. The van der Waals surface area contributed by atoms with E-state index in [0.29, 0.717) is 19.8 Å². The van der Waals surface area contributed by atoms with Crippen molar-refractivity contribution in [3.8, 4) is 0 Å². The largest absolute Gasteiger partial charge is 0.379 e. The van der Waals surface area contributed by atoms with E-state index in [1.807, 2.05) is 29.6 Å². The van der Waals surface area contributed by atoms with Crippen molar-refractivity contribution in [2.24, 2.45) is 0 Å². The Labute approximate surface area is 134 Å². The standard InChI is InChI=1S/C17H20N2O2S/c20-16(13-19-8-10-21-11-9-19)18-17(15-7-4-12-22-15)14-5-2-1-3-6-14/h1-7,12,17H,8-11,13H2,(H,18,20)/t17-/m0/s1. The number of carbonyl (C=O) groups is 1. The summed E-state index contributed by atoms with van der Waals surface area (Å²) in [7, 11) is 0. The zero-order chi connectivity index (χ0) is 15.2. The van der Waals surface area contributed by atoms with Crippen LogP contribution >= 0.6 is 11.3 Å². The zero-order valence-electron chi connectivity index (χ0n) is 12.4. The van der Waals surface area contributed by atoms with Crippen molar-refractivity contribution in [3.05, 3.63) is 58.3 Å². The fourth-order valence-corrected chi connectivity index (χ4v) is 3.39. The molecule has 4 nitrogen and oxygen atoms in total. The molecule has 116 valence electrons. The number of benzene rings is 1. The number of carbonyl (C=O) groups excluding carboxylic acids is 1. The summed E-state index contributed by atoms with van der Waals surface area (Å²) < 4.78 is 5.32. The SMILES string of the molecule is O=C(CN1CCOCC1)N[C@@H](c1ccccc1)c1cccs1. The molecule has 0 bridgehead atoms. The highest BCUT2D eigenvalue weighted by molar-refractivity contribution is 7.10. The first-order valence-corrected chi connectivity index (χ1v) is 8.39. The molecule has 1 atom stereocenters. The van der Waals surface area contributed by atoms with Crippen LogP contribution in [-0.4, -0.2) is 43.7 Å². The lowest BCUT2D eigenvalue weighted by molar-refractivity contribution is -0.123. The highest BCUT2D eigenvalue weighted by atomic mass is 32.1. The lowest BCUT2D eigenvalue weighted by atomic mass is 10.1. The number of amides is 1. The highest BCUT2D eigenvalue weighted by Gasteiger charge is 2.20. The van der Waals surface area contributed by atoms with Crippen LogP contribution in [0.5, 0.6) is 0 Å². The first kappa shape index (κ1) is 15.2. The average Bonchev–Trinajstić information content (AvgIpc) is 3.08. The van der Waals surface area contributed by atoms with Gasteiger partial charge >= 0.3 is 0 Å². The lowest BCUT2D eigenvalue weighted by Gasteiger charge is -2.27. The minimum Gasteiger partial charge on any atom is -0.379 e. The van der Waals surface area contributed by atoms with Gasteiger partial charge in [0, 0.05) is 18.0 Å². The molecule has 2 heterocycles. The van der Waals surface area contributed by atoms with Crippen molar-refractivity contribution in [3.63, 3.8) is 0 Å². The molecule has 5 heteroatoms. The molecule has 0 unspecified atom stereocenters. The maximum Gasteiger partial charge on any atom is 0.234 e. The van der Waals surface area contributed by atoms with Gasteiger partial charge in [-0.15, -0.1) is 11.3 Å². The monoisotopic (exact) mass is 316 g/mol. The van der Waals surface area contributed by atoms with E-state index in [1.165, 1.54) is 0 Å². The van der Waals surface area contributed by atoms with Crippen LogP contribution in [0.15, 0.2) is 47.8 Å². The summed E-state index contributed by atoms with van der Waals surface area (Å²) in [5.74, 6) is 0.0594. The molecule has 22 heavy (non-hydrogen) atoms. The van der Waals surface area contributed by atoms with Crippen molar-refractivity contribution in [1.82, 2.24) is 10.2 Å². The number of nitrogens with zero attached hydrogens (tertiary/aromatic N) is 1. The Bertz CT molecular complexity index is 580. The smallest absolute Gasteiger partial charge is 0.234 e. The summed E-state index contributed by atoms with van der Waals surface area (Å²) in [6.45, 7) is 3.49.